The van der Waals surface area contributed by atoms with Gasteiger partial charge in [-0.1, -0.05) is 13.8 Å². The quantitative estimate of drug-likeness (QED) is 0.722. The molecule has 1 atom stereocenters. The molecular weight excluding hydrogens is 302 g/mol. The fourth-order valence-electron chi connectivity index (χ4n) is 2.56. The molecule has 0 aliphatic rings. The first kappa shape index (κ1) is 19.2. The Kier molecular flexibility index (Phi) is 6.81. The van der Waals surface area contributed by atoms with Crippen LogP contribution in [-0.2, 0) is 4.79 Å². The number of benzene rings is 1. The molecule has 1 aromatic carbocycles. The second-order valence-electron chi connectivity index (χ2n) is 6.46. The number of nitrogens with two attached hydrogens (primary N) is 1. The number of carbonyl (C=O) groups is 2. The minimum atomic E-state index is -0.915. The van der Waals surface area contributed by atoms with Crippen LogP contribution >= 0.6 is 0 Å². The van der Waals surface area contributed by atoms with Crippen LogP contribution in [0, 0.1) is 17.6 Å². The van der Waals surface area contributed by atoms with Crippen LogP contribution in [0.3, 0.4) is 0 Å². The first-order valence-corrected chi connectivity index (χ1v) is 7.66. The smallest absolute Gasteiger partial charge is 0.220 e. The summed E-state index contributed by atoms with van der Waals surface area (Å²) in [6.45, 7) is 6.20. The number of nitrogens with one attached hydrogen (secondary N) is 1. The van der Waals surface area contributed by atoms with E-state index >= 15 is 0 Å². The normalized spacial score (nSPS) is 13.7. The molecule has 23 heavy (non-hydrogen) atoms. The summed E-state index contributed by atoms with van der Waals surface area (Å²) in [4.78, 5) is 23.9. The van der Waals surface area contributed by atoms with E-state index in [0.717, 1.165) is 18.6 Å². The molecule has 1 amide bonds. The Hall–Kier alpha value is -1.82. The second-order valence-corrected chi connectivity index (χ2v) is 6.46. The number of rotatable bonds is 8. The van der Waals surface area contributed by atoms with Crippen molar-refractivity contribution in [3.8, 4) is 0 Å². The third-order valence-electron chi connectivity index (χ3n) is 3.56. The third-order valence-corrected chi connectivity index (χ3v) is 3.56. The number of ketones is 1. The molecule has 1 aromatic rings. The second kappa shape index (κ2) is 8.15. The van der Waals surface area contributed by atoms with Crippen LogP contribution in [-0.4, -0.2) is 23.8 Å². The van der Waals surface area contributed by atoms with Crippen molar-refractivity contribution in [3.63, 3.8) is 0 Å². The molecule has 1 unspecified atom stereocenters. The van der Waals surface area contributed by atoms with Gasteiger partial charge in [0.1, 0.15) is 11.6 Å². The van der Waals surface area contributed by atoms with Gasteiger partial charge < -0.3 is 11.1 Å². The van der Waals surface area contributed by atoms with Crippen molar-refractivity contribution < 1.29 is 18.4 Å². The molecule has 4 nitrogen and oxygen atoms in total. The predicted octanol–water partition coefficient (Wildman–Crippen LogP) is 2.81. The van der Waals surface area contributed by atoms with Crippen molar-refractivity contribution in [1.82, 2.24) is 5.32 Å². The fourth-order valence-corrected chi connectivity index (χ4v) is 2.56. The molecule has 0 saturated heterocycles. The molecule has 128 valence electrons. The highest BCUT2D eigenvalue weighted by Gasteiger charge is 2.26. The standard InChI is InChI=1S/C17H24F2N2O2/c1-11(2)9-17(3,10-20)21-16(23)7-6-15(22)13-5-4-12(18)8-14(13)19/h4-5,8,11H,6-7,9-10,20H2,1-3H3,(H,21,23). The summed E-state index contributed by atoms with van der Waals surface area (Å²) in [6, 6.07) is 2.76. The van der Waals surface area contributed by atoms with Crippen LogP contribution < -0.4 is 11.1 Å². The maximum Gasteiger partial charge on any atom is 0.220 e. The highest BCUT2D eigenvalue weighted by atomic mass is 19.1. The Bertz CT molecular complexity index is 576. The van der Waals surface area contributed by atoms with Crippen molar-refractivity contribution in [2.45, 2.75) is 45.6 Å². The number of hydrogen-bond donors (Lipinski definition) is 2. The molecule has 0 bridgehead atoms. The van der Waals surface area contributed by atoms with Gasteiger partial charge in [-0.3, -0.25) is 9.59 Å². The molecule has 0 heterocycles. The predicted molar refractivity (Wildman–Crippen MR) is 85.0 cm³/mol. The average molecular weight is 326 g/mol. The first-order chi connectivity index (χ1) is 10.7. The van der Waals surface area contributed by atoms with E-state index in [0.29, 0.717) is 12.0 Å². The number of hydrogen-bond acceptors (Lipinski definition) is 3. The Balaban J connectivity index is 2.60. The molecule has 3 N–H and O–H groups in total. The Morgan fingerprint density at radius 2 is 1.91 bits per heavy atom. The molecule has 1 rings (SSSR count). The molecule has 6 heteroatoms. The molecule has 0 aromatic heterocycles. The molecular formula is C17H24F2N2O2. The van der Waals surface area contributed by atoms with Gasteiger partial charge in [-0.15, -0.1) is 0 Å². The molecule has 0 spiro atoms. The summed E-state index contributed by atoms with van der Waals surface area (Å²) in [5, 5.41) is 2.84. The van der Waals surface area contributed by atoms with Gasteiger partial charge >= 0.3 is 0 Å². The minimum Gasteiger partial charge on any atom is -0.350 e. The number of amides is 1. The van der Waals surface area contributed by atoms with Gasteiger partial charge in [0.25, 0.3) is 0 Å². The van der Waals surface area contributed by atoms with E-state index in [4.69, 9.17) is 5.73 Å². The average Bonchev–Trinajstić information content (AvgIpc) is 2.43. The SMILES string of the molecule is CC(C)CC(C)(CN)NC(=O)CCC(=O)c1ccc(F)cc1F. The Morgan fingerprint density at radius 3 is 2.43 bits per heavy atom. The summed E-state index contributed by atoms with van der Waals surface area (Å²) in [6.07, 6.45) is 0.510. The van der Waals surface area contributed by atoms with Gasteiger partial charge in [-0.2, -0.15) is 0 Å². The van der Waals surface area contributed by atoms with Crippen LogP contribution in [0.25, 0.3) is 0 Å². The van der Waals surface area contributed by atoms with E-state index in [1.54, 1.807) is 0 Å². The maximum absolute atomic E-state index is 13.5. The highest BCUT2D eigenvalue weighted by molar-refractivity contribution is 5.98. The van der Waals surface area contributed by atoms with Crippen molar-refractivity contribution in [1.29, 1.82) is 0 Å². The summed E-state index contributed by atoms with van der Waals surface area (Å²) in [5.41, 5.74) is 4.98. The van der Waals surface area contributed by atoms with Gasteiger partial charge in [0, 0.05) is 31.0 Å². The van der Waals surface area contributed by atoms with Gasteiger partial charge in [0.05, 0.1) is 5.56 Å². The van der Waals surface area contributed by atoms with Gasteiger partial charge in [-0.05, 0) is 31.4 Å². The summed E-state index contributed by atoms with van der Waals surface area (Å²) < 4.78 is 26.3. The van der Waals surface area contributed by atoms with Crippen LogP contribution in [0.5, 0.6) is 0 Å². The Morgan fingerprint density at radius 1 is 1.26 bits per heavy atom. The summed E-state index contributed by atoms with van der Waals surface area (Å²) >= 11 is 0. The molecule has 0 aliphatic heterocycles. The van der Waals surface area contributed by atoms with Gasteiger partial charge in [0.15, 0.2) is 5.78 Å². The lowest BCUT2D eigenvalue weighted by atomic mass is 9.90. The van der Waals surface area contributed by atoms with E-state index in [2.05, 4.69) is 5.32 Å². The molecule has 0 fully saturated rings. The van der Waals surface area contributed by atoms with E-state index in [1.807, 2.05) is 20.8 Å². The zero-order valence-corrected chi connectivity index (χ0v) is 13.8. The van der Waals surface area contributed by atoms with Crippen LogP contribution in [0.15, 0.2) is 18.2 Å². The largest absolute Gasteiger partial charge is 0.350 e. The van der Waals surface area contributed by atoms with Crippen molar-refractivity contribution in [2.75, 3.05) is 6.54 Å². The topological polar surface area (TPSA) is 72.2 Å². The van der Waals surface area contributed by atoms with Crippen molar-refractivity contribution in [3.05, 3.63) is 35.4 Å². The van der Waals surface area contributed by atoms with Gasteiger partial charge in [-0.25, -0.2) is 8.78 Å². The van der Waals surface area contributed by atoms with Crippen LogP contribution in [0.2, 0.25) is 0 Å². The van der Waals surface area contributed by atoms with Crippen molar-refractivity contribution in [2.24, 2.45) is 11.7 Å². The Labute approximate surface area is 135 Å². The van der Waals surface area contributed by atoms with E-state index in [-0.39, 0.29) is 30.9 Å². The molecule has 0 radical (unpaired) electrons. The number of halogens is 2. The molecule has 0 saturated carbocycles. The lowest BCUT2D eigenvalue weighted by Crippen LogP contribution is -2.52. The van der Waals surface area contributed by atoms with E-state index in [1.165, 1.54) is 0 Å². The lowest BCUT2D eigenvalue weighted by Gasteiger charge is -2.31. The monoisotopic (exact) mass is 326 g/mol. The van der Waals surface area contributed by atoms with E-state index < -0.39 is 23.0 Å². The maximum atomic E-state index is 13.5. The van der Waals surface area contributed by atoms with Crippen molar-refractivity contribution >= 4 is 11.7 Å². The number of carbonyl (C=O) groups excluding carboxylic acids is 2. The number of Topliss-reactive ketones (excluding diaryl/α,β-unsaturated/α-hetero) is 1. The fraction of sp³-hybridized carbons (Fsp3) is 0.529. The van der Waals surface area contributed by atoms with Gasteiger partial charge in [0.2, 0.25) is 5.91 Å². The minimum absolute atomic E-state index is 0.0661. The zero-order valence-electron chi connectivity index (χ0n) is 13.8. The summed E-state index contributed by atoms with van der Waals surface area (Å²) in [5.74, 6) is -2.14. The lowest BCUT2D eigenvalue weighted by molar-refractivity contribution is -0.122. The first-order valence-electron chi connectivity index (χ1n) is 7.66. The zero-order chi connectivity index (χ0) is 17.6. The summed E-state index contributed by atoms with van der Waals surface area (Å²) in [7, 11) is 0. The van der Waals surface area contributed by atoms with Crippen LogP contribution in [0.4, 0.5) is 8.78 Å². The third kappa shape index (κ3) is 6.06. The molecule has 0 aliphatic carbocycles. The highest BCUT2D eigenvalue weighted by Crippen LogP contribution is 2.16. The van der Waals surface area contributed by atoms with E-state index in [9.17, 15) is 18.4 Å². The van der Waals surface area contributed by atoms with Crippen LogP contribution in [0.1, 0.15) is 50.4 Å².